The Hall–Kier alpha value is -1.76. The third-order valence-corrected chi connectivity index (χ3v) is 2.81. The largest absolute Gasteiger partial charge is 0.472 e. The number of furan rings is 1. The summed E-state index contributed by atoms with van der Waals surface area (Å²) in [5.74, 6) is 0. The molecule has 0 saturated heterocycles. The van der Waals surface area contributed by atoms with E-state index in [0.29, 0.717) is 0 Å². The van der Waals surface area contributed by atoms with Crippen LogP contribution < -0.4 is 0 Å². The number of rotatable bonds is 1. The average Bonchev–Trinajstić information content (AvgIpc) is 2.82. The Bertz CT molecular complexity index is 518. The monoisotopic (exact) mass is 195 g/mol. The zero-order valence-corrected chi connectivity index (χ0v) is 8.53. The molecule has 2 aromatic rings. The topological polar surface area (TPSA) is 13.1 Å². The molecule has 0 N–H and O–H groups in total. The molecular formula is C14H11O. The summed E-state index contributed by atoms with van der Waals surface area (Å²) in [6.45, 7) is 2.14. The molecule has 0 amide bonds. The van der Waals surface area contributed by atoms with Gasteiger partial charge in [-0.05, 0) is 29.7 Å². The highest BCUT2D eigenvalue weighted by molar-refractivity contribution is 5.89. The van der Waals surface area contributed by atoms with Gasteiger partial charge in [-0.1, -0.05) is 29.8 Å². The maximum Gasteiger partial charge on any atom is 0.0981 e. The minimum absolute atomic E-state index is 1.16. The Morgan fingerprint density at radius 2 is 1.93 bits per heavy atom. The van der Waals surface area contributed by atoms with Crippen molar-refractivity contribution < 1.29 is 4.42 Å². The first-order valence-electron chi connectivity index (χ1n) is 5.04. The molecule has 0 spiro atoms. The van der Waals surface area contributed by atoms with Crippen LogP contribution in [-0.2, 0) is 0 Å². The van der Waals surface area contributed by atoms with E-state index < -0.39 is 0 Å². The molecule has 0 bridgehead atoms. The van der Waals surface area contributed by atoms with Gasteiger partial charge < -0.3 is 4.42 Å². The van der Waals surface area contributed by atoms with Crippen LogP contribution in [0.2, 0.25) is 0 Å². The molecule has 1 aromatic carbocycles. The molecule has 1 heteroatoms. The van der Waals surface area contributed by atoms with Crippen LogP contribution in [0.1, 0.15) is 23.6 Å². The van der Waals surface area contributed by atoms with Crippen LogP contribution in [0.15, 0.2) is 52.8 Å². The lowest BCUT2D eigenvalue weighted by molar-refractivity contribution is 0.566. The van der Waals surface area contributed by atoms with E-state index in [4.69, 9.17) is 4.42 Å². The quantitative estimate of drug-likeness (QED) is 0.676. The molecular weight excluding hydrogens is 184 g/mol. The summed E-state index contributed by atoms with van der Waals surface area (Å²) in [4.78, 5) is 0. The van der Waals surface area contributed by atoms with Gasteiger partial charge in [-0.2, -0.15) is 0 Å². The standard InChI is InChI=1S/C14H11O/c1-10-8-11-4-2-3-5-13(11)14(10)12-6-7-15-9-12/h2-9H,1H3. The lowest BCUT2D eigenvalue weighted by Gasteiger charge is -2.02. The fourth-order valence-electron chi connectivity index (χ4n) is 2.16. The van der Waals surface area contributed by atoms with Gasteiger partial charge in [-0.3, -0.25) is 0 Å². The first-order valence-corrected chi connectivity index (χ1v) is 5.04. The van der Waals surface area contributed by atoms with Gasteiger partial charge in [0.1, 0.15) is 0 Å². The molecule has 1 aliphatic rings. The molecule has 1 aromatic heterocycles. The summed E-state index contributed by atoms with van der Waals surface area (Å²) < 4.78 is 5.14. The van der Waals surface area contributed by atoms with Gasteiger partial charge in [0.05, 0.1) is 12.5 Å². The second kappa shape index (κ2) is 3.13. The van der Waals surface area contributed by atoms with Crippen molar-refractivity contribution in [3.05, 3.63) is 71.5 Å². The minimum atomic E-state index is 1.16. The summed E-state index contributed by atoms with van der Waals surface area (Å²) in [7, 11) is 0. The van der Waals surface area contributed by atoms with Crippen LogP contribution in [-0.4, -0.2) is 0 Å². The summed E-state index contributed by atoms with van der Waals surface area (Å²) in [6.07, 6.45) is 5.74. The molecule has 0 atom stereocenters. The Balaban J connectivity index is 2.20. The number of fused-ring (bicyclic) bond motifs is 1. The lowest BCUT2D eigenvalue weighted by atomic mass is 10.0. The van der Waals surface area contributed by atoms with Crippen LogP contribution >= 0.6 is 0 Å². The number of hydrogen-bond donors (Lipinski definition) is 0. The molecule has 0 aliphatic heterocycles. The Labute approximate surface area is 89.0 Å². The van der Waals surface area contributed by atoms with Crippen LogP contribution in [0.3, 0.4) is 0 Å². The van der Waals surface area contributed by atoms with Crippen molar-refractivity contribution in [2.45, 2.75) is 6.92 Å². The van der Waals surface area contributed by atoms with E-state index in [1.165, 1.54) is 22.3 Å². The van der Waals surface area contributed by atoms with Crippen molar-refractivity contribution in [3.63, 3.8) is 0 Å². The van der Waals surface area contributed by atoms with Crippen LogP contribution in [0.4, 0.5) is 0 Å². The molecule has 73 valence electrons. The summed E-state index contributed by atoms with van der Waals surface area (Å²) in [5.41, 5.74) is 6.35. The van der Waals surface area contributed by atoms with Gasteiger partial charge in [-0.25, -0.2) is 0 Å². The van der Waals surface area contributed by atoms with Crippen molar-refractivity contribution >= 4 is 5.57 Å². The van der Waals surface area contributed by atoms with E-state index >= 15 is 0 Å². The Morgan fingerprint density at radius 1 is 1.07 bits per heavy atom. The second-order valence-corrected chi connectivity index (χ2v) is 3.80. The Morgan fingerprint density at radius 3 is 2.73 bits per heavy atom. The Kier molecular flexibility index (Phi) is 1.78. The summed E-state index contributed by atoms with van der Waals surface area (Å²) in [5, 5.41) is 0. The molecule has 0 unspecified atom stereocenters. The van der Waals surface area contributed by atoms with Gasteiger partial charge in [0.25, 0.3) is 0 Å². The molecule has 3 rings (SSSR count). The van der Waals surface area contributed by atoms with E-state index in [1.54, 1.807) is 12.5 Å². The van der Waals surface area contributed by atoms with Gasteiger partial charge >= 0.3 is 0 Å². The first-order chi connectivity index (χ1) is 7.36. The predicted octanol–water partition coefficient (Wildman–Crippen LogP) is 3.67. The number of hydrogen-bond acceptors (Lipinski definition) is 1. The zero-order chi connectivity index (χ0) is 10.3. The van der Waals surface area contributed by atoms with E-state index in [1.807, 2.05) is 6.07 Å². The highest BCUT2D eigenvalue weighted by Gasteiger charge is 2.20. The van der Waals surface area contributed by atoms with Crippen molar-refractivity contribution in [1.82, 2.24) is 0 Å². The normalized spacial score (nSPS) is 14.5. The summed E-state index contributed by atoms with van der Waals surface area (Å²) >= 11 is 0. The van der Waals surface area contributed by atoms with E-state index in [9.17, 15) is 0 Å². The molecule has 1 aliphatic carbocycles. The SMILES string of the molecule is CC1=C(c2ccoc2)c2ccccc2[CH]1. The molecule has 15 heavy (non-hydrogen) atoms. The molecule has 1 heterocycles. The smallest absolute Gasteiger partial charge is 0.0981 e. The fourth-order valence-corrected chi connectivity index (χ4v) is 2.16. The van der Waals surface area contributed by atoms with Crippen molar-refractivity contribution in [2.75, 3.05) is 0 Å². The first kappa shape index (κ1) is 8.54. The number of allylic oxidation sites excluding steroid dienone is 1. The van der Waals surface area contributed by atoms with Gasteiger partial charge in [0.15, 0.2) is 0 Å². The van der Waals surface area contributed by atoms with Gasteiger partial charge in [-0.15, -0.1) is 0 Å². The van der Waals surface area contributed by atoms with Crippen LogP contribution in [0, 0.1) is 6.42 Å². The maximum atomic E-state index is 5.14. The van der Waals surface area contributed by atoms with Crippen LogP contribution in [0.25, 0.3) is 5.57 Å². The fraction of sp³-hybridized carbons (Fsp3) is 0.0714. The highest BCUT2D eigenvalue weighted by atomic mass is 16.3. The number of benzene rings is 1. The maximum absolute atomic E-state index is 5.14. The van der Waals surface area contributed by atoms with Crippen LogP contribution in [0.5, 0.6) is 0 Å². The molecule has 0 saturated carbocycles. The van der Waals surface area contributed by atoms with Crippen molar-refractivity contribution in [3.8, 4) is 0 Å². The minimum Gasteiger partial charge on any atom is -0.472 e. The highest BCUT2D eigenvalue weighted by Crippen LogP contribution is 2.38. The third-order valence-electron chi connectivity index (χ3n) is 2.81. The molecule has 0 fully saturated rings. The molecule has 1 nitrogen and oxygen atoms in total. The van der Waals surface area contributed by atoms with E-state index in [-0.39, 0.29) is 0 Å². The van der Waals surface area contributed by atoms with E-state index in [0.717, 1.165) is 5.56 Å². The van der Waals surface area contributed by atoms with Gasteiger partial charge in [0, 0.05) is 12.0 Å². The third kappa shape index (κ3) is 1.23. The lowest BCUT2D eigenvalue weighted by Crippen LogP contribution is -1.83. The van der Waals surface area contributed by atoms with Crippen molar-refractivity contribution in [2.24, 2.45) is 0 Å². The zero-order valence-electron chi connectivity index (χ0n) is 8.53. The summed E-state index contributed by atoms with van der Waals surface area (Å²) in [6, 6.07) is 10.5. The van der Waals surface area contributed by atoms with E-state index in [2.05, 4.69) is 37.6 Å². The second-order valence-electron chi connectivity index (χ2n) is 3.80. The van der Waals surface area contributed by atoms with Crippen molar-refractivity contribution in [1.29, 1.82) is 0 Å². The van der Waals surface area contributed by atoms with Gasteiger partial charge in [0.2, 0.25) is 0 Å². The molecule has 1 radical (unpaired) electrons. The predicted molar refractivity (Wildman–Crippen MR) is 60.2 cm³/mol. The average molecular weight is 195 g/mol.